The molecule has 5 heteroatoms. The van der Waals surface area contributed by atoms with Crippen molar-refractivity contribution in [3.05, 3.63) is 29.8 Å². The van der Waals surface area contributed by atoms with E-state index in [1.807, 2.05) is 29.2 Å². The molecule has 1 aromatic rings. The number of piperazine rings is 1. The van der Waals surface area contributed by atoms with Gasteiger partial charge in [-0.1, -0.05) is 12.1 Å². The third-order valence-electron chi connectivity index (χ3n) is 2.83. The fourth-order valence-electron chi connectivity index (χ4n) is 1.79. The monoisotopic (exact) mass is 234 g/mol. The standard InChI is InChI=1S/C12H18N4O/c13-11-3-1-10(2-4-11)9-15-12(17)16-7-5-14-6-8-16/h1-4,14H,5-9,13H2,(H,15,17). The van der Waals surface area contributed by atoms with Gasteiger partial charge < -0.3 is 21.3 Å². The molecular weight excluding hydrogens is 216 g/mol. The number of carbonyl (C=O) groups is 1. The molecule has 1 aliphatic heterocycles. The molecule has 92 valence electrons. The topological polar surface area (TPSA) is 70.4 Å². The van der Waals surface area contributed by atoms with Crippen molar-refractivity contribution in [2.75, 3.05) is 31.9 Å². The molecule has 1 saturated heterocycles. The van der Waals surface area contributed by atoms with Crippen molar-refractivity contribution in [3.63, 3.8) is 0 Å². The van der Waals surface area contributed by atoms with Crippen LogP contribution in [0.15, 0.2) is 24.3 Å². The van der Waals surface area contributed by atoms with Crippen LogP contribution in [0.1, 0.15) is 5.56 Å². The van der Waals surface area contributed by atoms with Gasteiger partial charge in [0.25, 0.3) is 0 Å². The van der Waals surface area contributed by atoms with Crippen LogP contribution < -0.4 is 16.4 Å². The van der Waals surface area contributed by atoms with Crippen LogP contribution in [0.3, 0.4) is 0 Å². The Morgan fingerprint density at radius 2 is 1.94 bits per heavy atom. The molecule has 0 aliphatic carbocycles. The van der Waals surface area contributed by atoms with E-state index in [-0.39, 0.29) is 6.03 Å². The highest BCUT2D eigenvalue weighted by Gasteiger charge is 2.15. The fourth-order valence-corrected chi connectivity index (χ4v) is 1.79. The van der Waals surface area contributed by atoms with Gasteiger partial charge in [0.2, 0.25) is 0 Å². The van der Waals surface area contributed by atoms with Gasteiger partial charge in [0.15, 0.2) is 0 Å². The summed E-state index contributed by atoms with van der Waals surface area (Å²) in [5.41, 5.74) is 7.39. The molecule has 0 aromatic heterocycles. The Balaban J connectivity index is 1.81. The van der Waals surface area contributed by atoms with Crippen LogP contribution in [0.25, 0.3) is 0 Å². The van der Waals surface area contributed by atoms with Crippen molar-refractivity contribution >= 4 is 11.7 Å². The summed E-state index contributed by atoms with van der Waals surface area (Å²) in [5, 5.41) is 6.12. The molecular formula is C12H18N4O. The number of amides is 2. The van der Waals surface area contributed by atoms with E-state index in [4.69, 9.17) is 5.73 Å². The zero-order valence-electron chi connectivity index (χ0n) is 9.78. The molecule has 0 saturated carbocycles. The molecule has 1 aromatic carbocycles. The molecule has 17 heavy (non-hydrogen) atoms. The number of urea groups is 1. The van der Waals surface area contributed by atoms with E-state index in [1.165, 1.54) is 0 Å². The molecule has 1 heterocycles. The highest BCUT2D eigenvalue weighted by Crippen LogP contribution is 2.05. The normalized spacial score (nSPS) is 15.6. The lowest BCUT2D eigenvalue weighted by molar-refractivity contribution is 0.190. The van der Waals surface area contributed by atoms with Crippen LogP contribution in [-0.4, -0.2) is 37.1 Å². The number of nitrogens with two attached hydrogens (primary N) is 1. The maximum absolute atomic E-state index is 11.8. The molecule has 2 amide bonds. The van der Waals surface area contributed by atoms with Crippen LogP contribution in [0, 0.1) is 0 Å². The maximum Gasteiger partial charge on any atom is 0.317 e. The Kier molecular flexibility index (Phi) is 3.82. The molecule has 5 nitrogen and oxygen atoms in total. The van der Waals surface area contributed by atoms with Gasteiger partial charge in [-0.2, -0.15) is 0 Å². The summed E-state index contributed by atoms with van der Waals surface area (Å²) in [6.45, 7) is 3.83. The van der Waals surface area contributed by atoms with Crippen molar-refractivity contribution in [1.29, 1.82) is 0 Å². The van der Waals surface area contributed by atoms with Crippen molar-refractivity contribution in [3.8, 4) is 0 Å². The van der Waals surface area contributed by atoms with Gasteiger partial charge in [0, 0.05) is 38.4 Å². The van der Waals surface area contributed by atoms with E-state index < -0.39 is 0 Å². The molecule has 4 N–H and O–H groups in total. The number of anilines is 1. The molecule has 0 radical (unpaired) electrons. The minimum atomic E-state index is 0.00308. The van der Waals surface area contributed by atoms with Gasteiger partial charge >= 0.3 is 6.03 Å². The summed E-state index contributed by atoms with van der Waals surface area (Å²) in [6, 6.07) is 7.53. The average molecular weight is 234 g/mol. The van der Waals surface area contributed by atoms with Crippen LogP contribution >= 0.6 is 0 Å². The number of hydrogen-bond acceptors (Lipinski definition) is 3. The second-order valence-electron chi connectivity index (χ2n) is 4.14. The summed E-state index contributed by atoms with van der Waals surface area (Å²) in [5.74, 6) is 0. The number of nitrogens with one attached hydrogen (secondary N) is 2. The van der Waals surface area contributed by atoms with E-state index in [0.717, 1.165) is 37.4 Å². The van der Waals surface area contributed by atoms with Crippen molar-refractivity contribution in [1.82, 2.24) is 15.5 Å². The average Bonchev–Trinajstić information content (AvgIpc) is 2.39. The van der Waals surface area contributed by atoms with Crippen LogP contribution in [0.2, 0.25) is 0 Å². The van der Waals surface area contributed by atoms with E-state index in [1.54, 1.807) is 0 Å². The second-order valence-corrected chi connectivity index (χ2v) is 4.14. The first-order valence-corrected chi connectivity index (χ1v) is 5.83. The molecule has 0 atom stereocenters. The van der Waals surface area contributed by atoms with Gasteiger partial charge in [-0.05, 0) is 17.7 Å². The Hall–Kier alpha value is -1.75. The number of carbonyl (C=O) groups excluding carboxylic acids is 1. The lowest BCUT2D eigenvalue weighted by Gasteiger charge is -2.27. The number of rotatable bonds is 2. The first-order valence-electron chi connectivity index (χ1n) is 5.83. The van der Waals surface area contributed by atoms with Gasteiger partial charge in [-0.25, -0.2) is 4.79 Å². The second kappa shape index (κ2) is 5.54. The largest absolute Gasteiger partial charge is 0.399 e. The minimum Gasteiger partial charge on any atom is -0.399 e. The summed E-state index contributed by atoms with van der Waals surface area (Å²) in [4.78, 5) is 13.6. The fraction of sp³-hybridized carbons (Fsp3) is 0.417. The van der Waals surface area contributed by atoms with E-state index in [9.17, 15) is 4.79 Å². The Morgan fingerprint density at radius 1 is 1.29 bits per heavy atom. The maximum atomic E-state index is 11.8. The lowest BCUT2D eigenvalue weighted by atomic mass is 10.2. The van der Waals surface area contributed by atoms with Crippen molar-refractivity contribution in [2.24, 2.45) is 0 Å². The van der Waals surface area contributed by atoms with Gasteiger partial charge in [0.1, 0.15) is 0 Å². The lowest BCUT2D eigenvalue weighted by Crippen LogP contribution is -2.50. The van der Waals surface area contributed by atoms with E-state index >= 15 is 0 Å². The smallest absolute Gasteiger partial charge is 0.317 e. The molecule has 1 fully saturated rings. The van der Waals surface area contributed by atoms with Crippen LogP contribution in [0.5, 0.6) is 0 Å². The summed E-state index contributed by atoms with van der Waals surface area (Å²) in [7, 11) is 0. The molecule has 0 bridgehead atoms. The Bertz CT molecular complexity index is 371. The Morgan fingerprint density at radius 3 is 2.59 bits per heavy atom. The van der Waals surface area contributed by atoms with Gasteiger partial charge in [-0.3, -0.25) is 0 Å². The van der Waals surface area contributed by atoms with Crippen LogP contribution in [-0.2, 0) is 6.54 Å². The third kappa shape index (κ3) is 3.35. The SMILES string of the molecule is Nc1ccc(CNC(=O)N2CCNCC2)cc1. The first-order chi connectivity index (χ1) is 8.25. The summed E-state index contributed by atoms with van der Waals surface area (Å²) in [6.07, 6.45) is 0. The minimum absolute atomic E-state index is 0.00308. The van der Waals surface area contributed by atoms with E-state index in [2.05, 4.69) is 10.6 Å². The number of benzene rings is 1. The number of nitrogen functional groups attached to an aromatic ring is 1. The number of hydrogen-bond donors (Lipinski definition) is 3. The van der Waals surface area contributed by atoms with Gasteiger partial charge in [-0.15, -0.1) is 0 Å². The molecule has 0 spiro atoms. The summed E-state index contributed by atoms with van der Waals surface area (Å²) < 4.78 is 0. The predicted octanol–water partition coefficient (Wildman–Crippen LogP) is 0.384. The van der Waals surface area contributed by atoms with Crippen molar-refractivity contribution in [2.45, 2.75) is 6.54 Å². The predicted molar refractivity (Wildman–Crippen MR) is 67.5 cm³/mol. The van der Waals surface area contributed by atoms with Gasteiger partial charge in [0.05, 0.1) is 0 Å². The quantitative estimate of drug-likeness (QED) is 0.648. The number of nitrogens with zero attached hydrogens (tertiary/aromatic N) is 1. The highest BCUT2D eigenvalue weighted by molar-refractivity contribution is 5.74. The molecule has 2 rings (SSSR count). The summed E-state index contributed by atoms with van der Waals surface area (Å²) >= 11 is 0. The highest BCUT2D eigenvalue weighted by atomic mass is 16.2. The van der Waals surface area contributed by atoms with Crippen LogP contribution in [0.4, 0.5) is 10.5 Å². The van der Waals surface area contributed by atoms with E-state index in [0.29, 0.717) is 6.54 Å². The first kappa shape index (κ1) is 11.7. The molecule has 1 aliphatic rings. The van der Waals surface area contributed by atoms with Crippen molar-refractivity contribution < 1.29 is 4.79 Å². The zero-order valence-corrected chi connectivity index (χ0v) is 9.78. The molecule has 0 unspecified atom stereocenters. The zero-order chi connectivity index (χ0) is 12.1. The Labute approximate surface area is 101 Å². The third-order valence-corrected chi connectivity index (χ3v) is 2.83.